The lowest BCUT2D eigenvalue weighted by Crippen LogP contribution is -2.17. The first kappa shape index (κ1) is 12.2. The molecule has 1 aliphatic heterocycles. The van der Waals surface area contributed by atoms with Crippen LogP contribution < -0.4 is 0 Å². The quantitative estimate of drug-likeness (QED) is 0.803. The maximum Gasteiger partial charge on any atom is 0.237 e. The highest BCUT2D eigenvalue weighted by Crippen LogP contribution is 2.25. The van der Waals surface area contributed by atoms with Gasteiger partial charge >= 0.3 is 0 Å². The van der Waals surface area contributed by atoms with Gasteiger partial charge < -0.3 is 9.26 Å². The smallest absolute Gasteiger partial charge is 0.237 e. The summed E-state index contributed by atoms with van der Waals surface area (Å²) in [7, 11) is 0. The standard InChI is InChI=1S/C12H18N2O3/c1-3-10(8(2)15)12-13-11(14-17-12)9-5-4-6-16-7-9/h9-10H,3-7H2,1-2H3. The van der Waals surface area contributed by atoms with Gasteiger partial charge in [0, 0.05) is 12.5 Å². The van der Waals surface area contributed by atoms with Crippen LogP contribution in [0.2, 0.25) is 0 Å². The summed E-state index contributed by atoms with van der Waals surface area (Å²) in [4.78, 5) is 15.8. The van der Waals surface area contributed by atoms with E-state index < -0.39 is 0 Å². The molecule has 0 spiro atoms. The fourth-order valence-electron chi connectivity index (χ4n) is 2.13. The molecule has 5 heteroatoms. The Balaban J connectivity index is 2.11. The zero-order chi connectivity index (χ0) is 12.3. The van der Waals surface area contributed by atoms with Crippen molar-refractivity contribution in [3.63, 3.8) is 0 Å². The molecule has 2 heterocycles. The summed E-state index contributed by atoms with van der Waals surface area (Å²) >= 11 is 0. The van der Waals surface area contributed by atoms with Crippen LogP contribution in [0.5, 0.6) is 0 Å². The van der Waals surface area contributed by atoms with Crippen molar-refractivity contribution >= 4 is 5.78 Å². The first-order valence-electron chi connectivity index (χ1n) is 6.14. The fraction of sp³-hybridized carbons (Fsp3) is 0.750. The Morgan fingerprint density at radius 3 is 3.00 bits per heavy atom. The zero-order valence-corrected chi connectivity index (χ0v) is 10.3. The molecule has 2 unspecified atom stereocenters. The number of hydrogen-bond acceptors (Lipinski definition) is 5. The van der Waals surface area contributed by atoms with E-state index in [2.05, 4.69) is 10.1 Å². The Hall–Kier alpha value is -1.23. The second-order valence-corrected chi connectivity index (χ2v) is 4.48. The number of carbonyl (C=O) groups is 1. The molecule has 94 valence electrons. The molecular formula is C12H18N2O3. The fourth-order valence-corrected chi connectivity index (χ4v) is 2.13. The van der Waals surface area contributed by atoms with Gasteiger partial charge in [0.25, 0.3) is 0 Å². The van der Waals surface area contributed by atoms with Crippen LogP contribution in [-0.2, 0) is 9.53 Å². The van der Waals surface area contributed by atoms with E-state index in [-0.39, 0.29) is 17.6 Å². The maximum atomic E-state index is 11.4. The zero-order valence-electron chi connectivity index (χ0n) is 10.3. The maximum absolute atomic E-state index is 11.4. The second kappa shape index (κ2) is 5.40. The highest BCUT2D eigenvalue weighted by Gasteiger charge is 2.25. The van der Waals surface area contributed by atoms with Crippen molar-refractivity contribution < 1.29 is 14.1 Å². The Labute approximate surface area is 101 Å². The van der Waals surface area contributed by atoms with Crippen molar-refractivity contribution in [2.75, 3.05) is 13.2 Å². The lowest BCUT2D eigenvalue weighted by atomic mass is 10.0. The molecule has 0 aliphatic carbocycles. The third-order valence-electron chi connectivity index (χ3n) is 3.18. The molecule has 1 aromatic heterocycles. The van der Waals surface area contributed by atoms with Gasteiger partial charge in [-0.05, 0) is 26.2 Å². The van der Waals surface area contributed by atoms with Crippen LogP contribution >= 0.6 is 0 Å². The predicted octanol–water partition coefficient (Wildman–Crippen LogP) is 2.05. The molecule has 0 saturated carbocycles. The van der Waals surface area contributed by atoms with Gasteiger partial charge in [-0.3, -0.25) is 4.79 Å². The molecule has 1 aromatic rings. The number of aromatic nitrogens is 2. The van der Waals surface area contributed by atoms with Crippen LogP contribution in [-0.4, -0.2) is 29.1 Å². The summed E-state index contributed by atoms with van der Waals surface area (Å²) in [5.41, 5.74) is 0. The number of rotatable bonds is 4. The second-order valence-electron chi connectivity index (χ2n) is 4.48. The van der Waals surface area contributed by atoms with Crippen molar-refractivity contribution in [3.05, 3.63) is 11.7 Å². The van der Waals surface area contributed by atoms with Crippen LogP contribution in [0.4, 0.5) is 0 Å². The lowest BCUT2D eigenvalue weighted by molar-refractivity contribution is -0.119. The molecule has 1 aliphatic rings. The molecule has 0 radical (unpaired) electrons. The molecule has 1 saturated heterocycles. The van der Waals surface area contributed by atoms with E-state index in [9.17, 15) is 4.79 Å². The van der Waals surface area contributed by atoms with Gasteiger partial charge in [0.15, 0.2) is 5.82 Å². The van der Waals surface area contributed by atoms with Crippen molar-refractivity contribution in [1.29, 1.82) is 0 Å². The van der Waals surface area contributed by atoms with E-state index in [0.717, 1.165) is 19.4 Å². The first-order valence-corrected chi connectivity index (χ1v) is 6.14. The van der Waals surface area contributed by atoms with Gasteiger partial charge in [-0.2, -0.15) is 4.98 Å². The van der Waals surface area contributed by atoms with Gasteiger partial charge in [0.05, 0.1) is 12.5 Å². The van der Waals surface area contributed by atoms with E-state index in [1.165, 1.54) is 0 Å². The summed E-state index contributed by atoms with van der Waals surface area (Å²) in [6.07, 6.45) is 2.74. The highest BCUT2D eigenvalue weighted by atomic mass is 16.5. The number of Topliss-reactive ketones (excluding diaryl/α,β-unsaturated/α-hetero) is 1. The van der Waals surface area contributed by atoms with Crippen molar-refractivity contribution in [2.24, 2.45) is 0 Å². The molecule has 0 N–H and O–H groups in total. The number of hydrogen-bond donors (Lipinski definition) is 0. The van der Waals surface area contributed by atoms with Crippen LogP contribution in [0.15, 0.2) is 4.52 Å². The van der Waals surface area contributed by atoms with Gasteiger partial charge in [0.1, 0.15) is 5.78 Å². The SMILES string of the molecule is CCC(C(C)=O)c1nc(C2CCCOC2)no1. The Morgan fingerprint density at radius 2 is 2.41 bits per heavy atom. The molecule has 5 nitrogen and oxygen atoms in total. The first-order chi connectivity index (χ1) is 8.22. The van der Waals surface area contributed by atoms with Crippen LogP contribution in [0.1, 0.15) is 56.7 Å². The predicted molar refractivity (Wildman–Crippen MR) is 60.8 cm³/mol. The third-order valence-corrected chi connectivity index (χ3v) is 3.18. The van der Waals surface area contributed by atoms with Gasteiger partial charge in [-0.15, -0.1) is 0 Å². The monoisotopic (exact) mass is 238 g/mol. The van der Waals surface area contributed by atoms with Gasteiger partial charge in [-0.25, -0.2) is 0 Å². The molecule has 0 aromatic carbocycles. The van der Waals surface area contributed by atoms with Crippen molar-refractivity contribution in [2.45, 2.75) is 44.9 Å². The minimum absolute atomic E-state index is 0.0718. The average Bonchev–Trinajstić information content (AvgIpc) is 2.80. The van der Waals surface area contributed by atoms with Crippen LogP contribution in [0.3, 0.4) is 0 Å². The summed E-state index contributed by atoms with van der Waals surface area (Å²) in [5.74, 6) is 1.15. The van der Waals surface area contributed by atoms with E-state index in [1.54, 1.807) is 6.92 Å². The summed E-state index contributed by atoms with van der Waals surface area (Å²) < 4.78 is 10.6. The molecule has 1 fully saturated rings. The number of ether oxygens (including phenoxy) is 1. The van der Waals surface area contributed by atoms with Crippen molar-refractivity contribution in [1.82, 2.24) is 10.1 Å². The van der Waals surface area contributed by atoms with E-state index in [0.29, 0.717) is 24.7 Å². The van der Waals surface area contributed by atoms with E-state index in [4.69, 9.17) is 9.26 Å². The summed E-state index contributed by atoms with van der Waals surface area (Å²) in [6.45, 7) is 4.96. The van der Waals surface area contributed by atoms with Crippen molar-refractivity contribution in [3.8, 4) is 0 Å². The minimum Gasteiger partial charge on any atom is -0.381 e. The summed E-state index contributed by atoms with van der Waals surface area (Å²) in [6, 6.07) is 0. The summed E-state index contributed by atoms with van der Waals surface area (Å²) in [5, 5.41) is 3.97. The Bertz CT molecular complexity index is 383. The molecule has 2 rings (SSSR count). The number of nitrogens with zero attached hydrogens (tertiary/aromatic N) is 2. The normalized spacial score (nSPS) is 22.4. The van der Waals surface area contributed by atoms with Crippen LogP contribution in [0.25, 0.3) is 0 Å². The number of ketones is 1. The average molecular weight is 238 g/mol. The molecule has 17 heavy (non-hydrogen) atoms. The number of carbonyl (C=O) groups excluding carboxylic acids is 1. The Kier molecular flexibility index (Phi) is 3.89. The van der Waals surface area contributed by atoms with E-state index >= 15 is 0 Å². The lowest BCUT2D eigenvalue weighted by Gasteiger charge is -2.18. The minimum atomic E-state index is -0.263. The van der Waals surface area contributed by atoms with E-state index in [1.807, 2.05) is 6.92 Å². The molecule has 0 bridgehead atoms. The Morgan fingerprint density at radius 1 is 1.59 bits per heavy atom. The van der Waals surface area contributed by atoms with Gasteiger partial charge in [-0.1, -0.05) is 12.1 Å². The molecule has 0 amide bonds. The largest absolute Gasteiger partial charge is 0.381 e. The third kappa shape index (κ3) is 2.72. The molecule has 2 atom stereocenters. The van der Waals surface area contributed by atoms with Gasteiger partial charge in [0.2, 0.25) is 5.89 Å². The topological polar surface area (TPSA) is 65.2 Å². The molecular weight excluding hydrogens is 220 g/mol. The van der Waals surface area contributed by atoms with Crippen LogP contribution in [0, 0.1) is 0 Å². The highest BCUT2D eigenvalue weighted by molar-refractivity contribution is 5.82.